The minimum atomic E-state index is -4.55. The lowest BCUT2D eigenvalue weighted by atomic mass is 9.77. The molecule has 0 spiro atoms. The maximum Gasteiger partial charge on any atom is 0.494 e. The number of hydrogen-bond acceptors (Lipinski definition) is 4. The van der Waals surface area contributed by atoms with E-state index >= 15 is 0 Å². The van der Waals surface area contributed by atoms with E-state index in [2.05, 4.69) is 5.32 Å². The van der Waals surface area contributed by atoms with Gasteiger partial charge in [-0.2, -0.15) is 13.2 Å². The van der Waals surface area contributed by atoms with E-state index in [0.717, 1.165) is 12.3 Å². The van der Waals surface area contributed by atoms with Crippen molar-refractivity contribution in [3.05, 3.63) is 23.3 Å². The molecule has 1 saturated heterocycles. The van der Waals surface area contributed by atoms with Crippen LogP contribution in [-0.4, -0.2) is 31.6 Å². The van der Waals surface area contributed by atoms with E-state index in [1.54, 1.807) is 0 Å². The van der Waals surface area contributed by atoms with Crippen molar-refractivity contribution < 1.29 is 22.5 Å². The molecular weight excluding hydrogens is 308 g/mol. The van der Waals surface area contributed by atoms with Crippen LogP contribution in [0, 0.1) is 5.41 Å². The summed E-state index contributed by atoms with van der Waals surface area (Å²) in [5, 5.41) is 9.92. The van der Waals surface area contributed by atoms with E-state index < -0.39 is 30.1 Å². The van der Waals surface area contributed by atoms with E-state index in [4.69, 9.17) is 14.7 Å². The summed E-state index contributed by atoms with van der Waals surface area (Å²) in [6.07, 6.45) is -3.66. The van der Waals surface area contributed by atoms with Crippen molar-refractivity contribution in [2.24, 2.45) is 0 Å². The monoisotopic (exact) mass is 328 g/mol. The van der Waals surface area contributed by atoms with Crippen molar-refractivity contribution in [1.29, 1.82) is 5.41 Å². The van der Waals surface area contributed by atoms with Crippen LogP contribution in [0.2, 0.25) is 0 Å². The molecule has 0 bridgehead atoms. The maximum absolute atomic E-state index is 13.3. The molecule has 1 aromatic rings. The normalized spacial score (nSPS) is 19.7. The molecular formula is C15H20BF3N2O2. The molecule has 1 heterocycles. The highest BCUT2D eigenvalue weighted by molar-refractivity contribution is 6.62. The van der Waals surface area contributed by atoms with Gasteiger partial charge in [-0.05, 0) is 39.2 Å². The first-order chi connectivity index (χ1) is 10.4. The smallest absolute Gasteiger partial charge is 0.399 e. The Morgan fingerprint density at radius 3 is 2.04 bits per heavy atom. The van der Waals surface area contributed by atoms with Gasteiger partial charge in [0, 0.05) is 18.8 Å². The van der Waals surface area contributed by atoms with Gasteiger partial charge < -0.3 is 20.0 Å². The summed E-state index contributed by atoms with van der Waals surface area (Å²) in [5.74, 6) is 0. The highest BCUT2D eigenvalue weighted by atomic mass is 19.4. The molecule has 2 rings (SSSR count). The first-order valence-electron chi connectivity index (χ1n) is 7.22. The van der Waals surface area contributed by atoms with E-state index in [9.17, 15) is 13.2 Å². The Morgan fingerprint density at radius 2 is 1.65 bits per heavy atom. The van der Waals surface area contributed by atoms with Gasteiger partial charge in [0.2, 0.25) is 0 Å². The molecule has 0 saturated carbocycles. The maximum atomic E-state index is 13.3. The van der Waals surface area contributed by atoms with Gasteiger partial charge in [-0.3, -0.25) is 0 Å². The van der Waals surface area contributed by atoms with Gasteiger partial charge in [0.25, 0.3) is 0 Å². The van der Waals surface area contributed by atoms with Crippen molar-refractivity contribution in [2.45, 2.75) is 45.1 Å². The molecule has 2 N–H and O–H groups in total. The summed E-state index contributed by atoms with van der Waals surface area (Å²) >= 11 is 0. The SMILES string of the molecule is CNc1c(C=N)cc(B2OC(C)(C)C(C)(C)O2)cc1C(F)(F)F. The molecule has 23 heavy (non-hydrogen) atoms. The molecule has 0 radical (unpaired) electrons. The number of nitrogens with one attached hydrogen (secondary N) is 2. The number of anilines is 1. The lowest BCUT2D eigenvalue weighted by Gasteiger charge is -2.32. The van der Waals surface area contributed by atoms with Crippen LogP contribution in [0.4, 0.5) is 18.9 Å². The van der Waals surface area contributed by atoms with Crippen LogP contribution in [0.15, 0.2) is 12.1 Å². The fourth-order valence-electron chi connectivity index (χ4n) is 2.42. The minimum Gasteiger partial charge on any atom is -0.399 e. The van der Waals surface area contributed by atoms with Gasteiger partial charge in [0.15, 0.2) is 0 Å². The summed E-state index contributed by atoms with van der Waals surface area (Å²) in [5.41, 5.74) is -1.90. The first kappa shape index (κ1) is 17.8. The Bertz CT molecular complexity index is 614. The molecule has 1 fully saturated rings. The number of rotatable bonds is 3. The van der Waals surface area contributed by atoms with E-state index in [0.29, 0.717) is 0 Å². The van der Waals surface area contributed by atoms with Gasteiger partial charge in [-0.15, -0.1) is 0 Å². The quantitative estimate of drug-likeness (QED) is 0.662. The molecule has 0 amide bonds. The van der Waals surface area contributed by atoms with Crippen molar-refractivity contribution in [2.75, 3.05) is 12.4 Å². The van der Waals surface area contributed by atoms with Gasteiger partial charge in [-0.1, -0.05) is 6.07 Å². The molecule has 4 nitrogen and oxygen atoms in total. The molecule has 1 aliphatic heterocycles. The number of hydrogen-bond donors (Lipinski definition) is 2. The number of halogens is 3. The van der Waals surface area contributed by atoms with Crippen LogP contribution < -0.4 is 10.8 Å². The number of alkyl halides is 3. The van der Waals surface area contributed by atoms with Crippen molar-refractivity contribution in [1.82, 2.24) is 0 Å². The van der Waals surface area contributed by atoms with Crippen LogP contribution in [0.3, 0.4) is 0 Å². The minimum absolute atomic E-state index is 0.132. The Balaban J connectivity index is 2.56. The molecule has 1 aromatic carbocycles. The molecule has 0 unspecified atom stereocenters. The highest BCUT2D eigenvalue weighted by Crippen LogP contribution is 2.39. The molecule has 126 valence electrons. The van der Waals surface area contributed by atoms with Gasteiger partial charge in [-0.25, -0.2) is 0 Å². The first-order valence-corrected chi connectivity index (χ1v) is 7.22. The molecule has 0 aliphatic carbocycles. The fourth-order valence-corrected chi connectivity index (χ4v) is 2.42. The van der Waals surface area contributed by atoms with Crippen molar-refractivity contribution in [3.63, 3.8) is 0 Å². The van der Waals surface area contributed by atoms with E-state index in [1.807, 2.05) is 27.7 Å². The van der Waals surface area contributed by atoms with E-state index in [1.165, 1.54) is 13.1 Å². The van der Waals surface area contributed by atoms with Gasteiger partial charge >= 0.3 is 13.3 Å². The molecule has 0 atom stereocenters. The van der Waals surface area contributed by atoms with Gasteiger partial charge in [0.05, 0.1) is 22.5 Å². The standard InChI is InChI=1S/C15H20BF3N2O2/c1-13(2)14(3,4)23-16(22-13)10-6-9(8-20)12(21-5)11(7-10)15(17,18)19/h6-8,20-21H,1-5H3. The van der Waals surface area contributed by atoms with Crippen LogP contribution in [-0.2, 0) is 15.5 Å². The zero-order valence-corrected chi connectivity index (χ0v) is 13.8. The zero-order valence-electron chi connectivity index (χ0n) is 13.8. The second-order valence-electron chi connectivity index (χ2n) is 6.51. The third kappa shape index (κ3) is 3.10. The van der Waals surface area contributed by atoms with Crippen LogP contribution in [0.5, 0.6) is 0 Å². The Labute approximate surface area is 134 Å². The Morgan fingerprint density at radius 1 is 1.13 bits per heavy atom. The lowest BCUT2D eigenvalue weighted by molar-refractivity contribution is -0.136. The van der Waals surface area contributed by atoms with Gasteiger partial charge in [0.1, 0.15) is 0 Å². The highest BCUT2D eigenvalue weighted by Gasteiger charge is 2.52. The van der Waals surface area contributed by atoms with Crippen molar-refractivity contribution >= 4 is 24.5 Å². The van der Waals surface area contributed by atoms with E-state index in [-0.39, 0.29) is 16.7 Å². The topological polar surface area (TPSA) is 54.3 Å². The third-order valence-electron chi connectivity index (χ3n) is 4.43. The average molecular weight is 328 g/mol. The molecule has 1 aliphatic rings. The summed E-state index contributed by atoms with van der Waals surface area (Å²) in [6.45, 7) is 7.32. The van der Waals surface area contributed by atoms with Crippen LogP contribution >= 0.6 is 0 Å². The Kier molecular flexibility index (Phi) is 4.28. The fraction of sp³-hybridized carbons (Fsp3) is 0.533. The summed E-state index contributed by atoms with van der Waals surface area (Å²) in [7, 11) is 0.483. The van der Waals surface area contributed by atoms with Crippen LogP contribution in [0.25, 0.3) is 0 Å². The molecule has 8 heteroatoms. The largest absolute Gasteiger partial charge is 0.494 e. The predicted octanol–water partition coefficient (Wildman–Crippen LogP) is 3.04. The summed E-state index contributed by atoms with van der Waals surface area (Å²) < 4.78 is 51.6. The second-order valence-corrected chi connectivity index (χ2v) is 6.51. The average Bonchev–Trinajstić information content (AvgIpc) is 2.64. The summed E-state index contributed by atoms with van der Waals surface area (Å²) in [4.78, 5) is 0. The zero-order chi connectivity index (χ0) is 17.6. The molecule has 0 aromatic heterocycles. The lowest BCUT2D eigenvalue weighted by Crippen LogP contribution is -2.41. The Hall–Kier alpha value is -1.54. The predicted molar refractivity (Wildman–Crippen MR) is 84.6 cm³/mol. The van der Waals surface area contributed by atoms with Crippen molar-refractivity contribution in [3.8, 4) is 0 Å². The number of benzene rings is 1. The second kappa shape index (κ2) is 5.52. The summed E-state index contributed by atoms with van der Waals surface area (Å²) in [6, 6.07) is 2.50. The van der Waals surface area contributed by atoms with Crippen LogP contribution in [0.1, 0.15) is 38.8 Å². The third-order valence-corrected chi connectivity index (χ3v) is 4.43.